The van der Waals surface area contributed by atoms with Gasteiger partial charge in [-0.05, 0) is 38.5 Å². The zero-order valence-corrected chi connectivity index (χ0v) is 8.95. The third-order valence-corrected chi connectivity index (χ3v) is 2.77. The van der Waals surface area contributed by atoms with Crippen LogP contribution in [0.4, 0.5) is 0 Å². The molecule has 6 N–H and O–H groups in total. The minimum Gasteiger partial charge on any atom is -0.379 e. The van der Waals surface area contributed by atoms with E-state index < -0.39 is 6.23 Å². The zero-order valence-electron chi connectivity index (χ0n) is 8.95. The van der Waals surface area contributed by atoms with Gasteiger partial charge in [-0.1, -0.05) is 0 Å². The molecule has 0 radical (unpaired) electrons. The molecule has 0 bridgehead atoms. The van der Waals surface area contributed by atoms with Crippen molar-refractivity contribution in [3.63, 3.8) is 0 Å². The molecule has 4 heteroatoms. The molecule has 1 aliphatic rings. The summed E-state index contributed by atoms with van der Waals surface area (Å²) in [4.78, 5) is 0. The summed E-state index contributed by atoms with van der Waals surface area (Å²) in [5, 5.41) is 11.9. The van der Waals surface area contributed by atoms with Gasteiger partial charge in [-0.15, -0.1) is 0 Å². The standard InChI is InChI=1S/C10H23N3O/c1-7(14)13-6-9(11)4-5-10(12)8-2-3-8/h7-10,13-14H,2-6,11-12H2,1H3/t7?,9-,10?/m0/s1. The second kappa shape index (κ2) is 5.66. The van der Waals surface area contributed by atoms with E-state index in [2.05, 4.69) is 5.32 Å². The molecule has 0 spiro atoms. The Balaban J connectivity index is 1.98. The van der Waals surface area contributed by atoms with E-state index in [-0.39, 0.29) is 6.04 Å². The molecule has 1 aliphatic carbocycles. The van der Waals surface area contributed by atoms with Gasteiger partial charge in [0.15, 0.2) is 0 Å². The highest BCUT2D eigenvalue weighted by Gasteiger charge is 2.28. The first-order chi connectivity index (χ1) is 6.59. The third-order valence-electron chi connectivity index (χ3n) is 2.77. The van der Waals surface area contributed by atoms with Crippen molar-refractivity contribution in [3.8, 4) is 0 Å². The van der Waals surface area contributed by atoms with E-state index in [1.807, 2.05) is 0 Å². The quantitative estimate of drug-likeness (QED) is 0.428. The van der Waals surface area contributed by atoms with Crippen molar-refractivity contribution in [2.75, 3.05) is 6.54 Å². The summed E-state index contributed by atoms with van der Waals surface area (Å²) in [5.74, 6) is 0.756. The third kappa shape index (κ3) is 4.91. The molecule has 0 saturated heterocycles. The summed E-state index contributed by atoms with van der Waals surface area (Å²) in [6, 6.07) is 0.446. The number of nitrogens with two attached hydrogens (primary N) is 2. The monoisotopic (exact) mass is 201 g/mol. The minimum atomic E-state index is -0.474. The second-order valence-corrected chi connectivity index (χ2v) is 4.42. The summed E-state index contributed by atoms with van der Waals surface area (Å²) in [6.07, 6.45) is 4.06. The molecule has 0 aromatic rings. The molecular formula is C10H23N3O. The van der Waals surface area contributed by atoms with E-state index in [9.17, 15) is 0 Å². The molecule has 1 rings (SSSR count). The van der Waals surface area contributed by atoms with Crippen molar-refractivity contribution >= 4 is 0 Å². The van der Waals surface area contributed by atoms with E-state index in [0.29, 0.717) is 12.6 Å². The van der Waals surface area contributed by atoms with Crippen molar-refractivity contribution < 1.29 is 5.11 Å². The maximum absolute atomic E-state index is 8.99. The van der Waals surface area contributed by atoms with E-state index in [1.54, 1.807) is 6.92 Å². The lowest BCUT2D eigenvalue weighted by Crippen LogP contribution is -2.39. The van der Waals surface area contributed by atoms with E-state index in [1.165, 1.54) is 12.8 Å². The summed E-state index contributed by atoms with van der Waals surface area (Å²) in [6.45, 7) is 2.36. The molecule has 3 atom stereocenters. The Morgan fingerprint density at radius 1 is 1.36 bits per heavy atom. The van der Waals surface area contributed by atoms with Crippen molar-refractivity contribution in [2.24, 2.45) is 17.4 Å². The predicted octanol–water partition coefficient (Wildman–Crippen LogP) is -0.241. The normalized spacial score (nSPS) is 23.1. The molecule has 84 valence electrons. The van der Waals surface area contributed by atoms with Crippen molar-refractivity contribution in [1.29, 1.82) is 0 Å². The van der Waals surface area contributed by atoms with E-state index in [4.69, 9.17) is 16.6 Å². The predicted molar refractivity (Wildman–Crippen MR) is 57.6 cm³/mol. The fraction of sp³-hybridized carbons (Fsp3) is 1.00. The van der Waals surface area contributed by atoms with Gasteiger partial charge in [0.25, 0.3) is 0 Å². The van der Waals surface area contributed by atoms with Crippen LogP contribution in [0.3, 0.4) is 0 Å². The summed E-state index contributed by atoms with van der Waals surface area (Å²) in [7, 11) is 0. The Morgan fingerprint density at radius 2 is 2.00 bits per heavy atom. The first kappa shape index (κ1) is 11.9. The first-order valence-electron chi connectivity index (χ1n) is 5.52. The molecule has 1 fully saturated rings. The van der Waals surface area contributed by atoms with Crippen LogP contribution in [0, 0.1) is 5.92 Å². The Bertz CT molecular complexity index is 159. The van der Waals surface area contributed by atoms with Gasteiger partial charge in [-0.25, -0.2) is 0 Å². The summed E-state index contributed by atoms with van der Waals surface area (Å²) in [5.41, 5.74) is 11.8. The van der Waals surface area contributed by atoms with Gasteiger partial charge in [-0.2, -0.15) is 0 Å². The van der Waals surface area contributed by atoms with Gasteiger partial charge >= 0.3 is 0 Å². The smallest absolute Gasteiger partial charge is 0.102 e. The number of aliphatic hydroxyl groups excluding tert-OH is 1. The Hall–Kier alpha value is -0.160. The Labute approximate surface area is 86.0 Å². The van der Waals surface area contributed by atoms with Crippen LogP contribution in [-0.4, -0.2) is 30.0 Å². The maximum atomic E-state index is 8.99. The fourth-order valence-corrected chi connectivity index (χ4v) is 1.59. The van der Waals surface area contributed by atoms with Gasteiger partial charge in [-0.3, -0.25) is 5.32 Å². The van der Waals surface area contributed by atoms with Crippen LogP contribution < -0.4 is 16.8 Å². The SMILES string of the molecule is CC(O)NC[C@@H](N)CCC(N)C1CC1. The highest BCUT2D eigenvalue weighted by molar-refractivity contribution is 4.84. The lowest BCUT2D eigenvalue weighted by atomic mass is 10.0. The van der Waals surface area contributed by atoms with Crippen molar-refractivity contribution in [1.82, 2.24) is 5.32 Å². The Kier molecular flexibility index (Phi) is 4.81. The minimum absolute atomic E-state index is 0.106. The van der Waals surface area contributed by atoms with Crippen LogP contribution in [0.15, 0.2) is 0 Å². The molecule has 14 heavy (non-hydrogen) atoms. The molecular weight excluding hydrogens is 178 g/mol. The van der Waals surface area contributed by atoms with Crippen molar-refractivity contribution in [3.05, 3.63) is 0 Å². The summed E-state index contributed by atoms with van der Waals surface area (Å²) >= 11 is 0. The topological polar surface area (TPSA) is 84.3 Å². The van der Waals surface area contributed by atoms with E-state index in [0.717, 1.165) is 18.8 Å². The lowest BCUT2D eigenvalue weighted by Gasteiger charge is -2.16. The highest BCUT2D eigenvalue weighted by Crippen LogP contribution is 2.33. The van der Waals surface area contributed by atoms with Gasteiger partial charge in [0.05, 0.1) is 0 Å². The van der Waals surface area contributed by atoms with Gasteiger partial charge in [0, 0.05) is 18.6 Å². The van der Waals surface area contributed by atoms with Gasteiger partial charge in [0.1, 0.15) is 6.23 Å². The van der Waals surface area contributed by atoms with Crippen LogP contribution in [0.1, 0.15) is 32.6 Å². The average Bonchev–Trinajstić information content (AvgIpc) is 2.93. The molecule has 0 amide bonds. The Morgan fingerprint density at radius 3 is 2.50 bits per heavy atom. The number of aliphatic hydroxyl groups is 1. The van der Waals surface area contributed by atoms with Crippen molar-refractivity contribution in [2.45, 2.75) is 50.9 Å². The zero-order chi connectivity index (χ0) is 10.6. The van der Waals surface area contributed by atoms with Crippen LogP contribution in [-0.2, 0) is 0 Å². The number of nitrogens with one attached hydrogen (secondary N) is 1. The fourth-order valence-electron chi connectivity index (χ4n) is 1.59. The van der Waals surface area contributed by atoms with Crippen LogP contribution in [0.25, 0.3) is 0 Å². The van der Waals surface area contributed by atoms with Crippen LogP contribution >= 0.6 is 0 Å². The molecule has 1 saturated carbocycles. The largest absolute Gasteiger partial charge is 0.379 e. The van der Waals surface area contributed by atoms with Gasteiger partial charge in [0.2, 0.25) is 0 Å². The number of rotatable bonds is 7. The molecule has 2 unspecified atom stereocenters. The lowest BCUT2D eigenvalue weighted by molar-refractivity contribution is 0.153. The van der Waals surface area contributed by atoms with Crippen LogP contribution in [0.2, 0.25) is 0 Å². The second-order valence-electron chi connectivity index (χ2n) is 4.42. The van der Waals surface area contributed by atoms with Gasteiger partial charge < -0.3 is 16.6 Å². The first-order valence-corrected chi connectivity index (χ1v) is 5.52. The molecule has 0 heterocycles. The molecule has 0 aromatic carbocycles. The average molecular weight is 201 g/mol. The van der Waals surface area contributed by atoms with E-state index >= 15 is 0 Å². The number of hydrogen-bond acceptors (Lipinski definition) is 4. The molecule has 0 aromatic heterocycles. The maximum Gasteiger partial charge on any atom is 0.102 e. The highest BCUT2D eigenvalue weighted by atomic mass is 16.3. The number of hydrogen-bond donors (Lipinski definition) is 4. The summed E-state index contributed by atoms with van der Waals surface area (Å²) < 4.78 is 0. The van der Waals surface area contributed by atoms with Crippen LogP contribution in [0.5, 0.6) is 0 Å². The molecule has 4 nitrogen and oxygen atoms in total. The molecule has 0 aliphatic heterocycles.